The lowest BCUT2D eigenvalue weighted by Gasteiger charge is -2.37. The molecule has 0 aliphatic carbocycles. The molecule has 0 atom stereocenters. The third kappa shape index (κ3) is 1.94. The molecule has 0 aromatic carbocycles. The fourth-order valence-electron chi connectivity index (χ4n) is 1.40. The fourth-order valence-corrected chi connectivity index (χ4v) is 1.40. The van der Waals surface area contributed by atoms with Crippen LogP contribution in [0.5, 0.6) is 0 Å². The second-order valence-corrected chi connectivity index (χ2v) is 3.26. The van der Waals surface area contributed by atoms with E-state index in [2.05, 4.69) is 12.4 Å². The normalized spacial score (nSPS) is 24.6. The molecule has 1 fully saturated rings. The summed E-state index contributed by atoms with van der Waals surface area (Å²) in [6.45, 7) is 5.71. The van der Waals surface area contributed by atoms with Crippen molar-refractivity contribution in [2.24, 2.45) is 0 Å². The van der Waals surface area contributed by atoms with E-state index in [0.717, 1.165) is 37.2 Å². The molecule has 3 heteroatoms. The first-order valence-corrected chi connectivity index (χ1v) is 3.92. The molecule has 1 aliphatic heterocycles. The number of aliphatic hydroxyl groups is 1. The van der Waals surface area contributed by atoms with Crippen molar-refractivity contribution in [1.82, 2.24) is 5.32 Å². The van der Waals surface area contributed by atoms with E-state index in [1.807, 2.05) is 0 Å². The Morgan fingerprint density at radius 2 is 2.00 bits per heavy atom. The van der Waals surface area contributed by atoms with Crippen LogP contribution in [0.4, 0.5) is 0 Å². The molecule has 10 heavy (non-hydrogen) atoms. The average Bonchev–Trinajstić information content (AvgIpc) is 1.89. The number of piperazine rings is 1. The van der Waals surface area contributed by atoms with Crippen molar-refractivity contribution in [1.29, 1.82) is 0 Å². The number of aliphatic hydroxyl groups excluding tert-OH is 1. The molecular formula is C7H17N2O+. The zero-order valence-electron chi connectivity index (χ0n) is 6.64. The minimum absolute atomic E-state index is 0.316. The molecule has 1 aliphatic rings. The van der Waals surface area contributed by atoms with E-state index in [-0.39, 0.29) is 0 Å². The Bertz CT molecular complexity index is 94.3. The maximum Gasteiger partial charge on any atom is 0.102 e. The van der Waals surface area contributed by atoms with E-state index >= 15 is 0 Å². The monoisotopic (exact) mass is 145 g/mol. The highest BCUT2D eigenvalue weighted by molar-refractivity contribution is 4.54. The van der Waals surface area contributed by atoms with Crippen LogP contribution >= 0.6 is 0 Å². The van der Waals surface area contributed by atoms with Gasteiger partial charge in [-0.25, -0.2) is 0 Å². The van der Waals surface area contributed by atoms with Crippen LogP contribution in [0.3, 0.4) is 0 Å². The van der Waals surface area contributed by atoms with Gasteiger partial charge < -0.3 is 14.9 Å². The van der Waals surface area contributed by atoms with E-state index in [4.69, 9.17) is 5.11 Å². The number of nitrogens with zero attached hydrogens (tertiary/aromatic N) is 1. The van der Waals surface area contributed by atoms with E-state index in [9.17, 15) is 0 Å². The van der Waals surface area contributed by atoms with Gasteiger partial charge in [-0.3, -0.25) is 0 Å². The molecule has 3 nitrogen and oxygen atoms in total. The first-order chi connectivity index (χ1) is 4.77. The molecule has 0 spiro atoms. The quantitative estimate of drug-likeness (QED) is 0.490. The molecule has 0 aromatic heterocycles. The van der Waals surface area contributed by atoms with Crippen molar-refractivity contribution in [3.63, 3.8) is 0 Å². The molecule has 0 aromatic rings. The topological polar surface area (TPSA) is 32.3 Å². The Kier molecular flexibility index (Phi) is 2.65. The van der Waals surface area contributed by atoms with Crippen molar-refractivity contribution in [2.75, 3.05) is 46.4 Å². The number of hydrogen-bond acceptors (Lipinski definition) is 2. The lowest BCUT2D eigenvalue weighted by molar-refractivity contribution is -0.911. The summed E-state index contributed by atoms with van der Waals surface area (Å²) >= 11 is 0. The third-order valence-electron chi connectivity index (χ3n) is 2.30. The maximum absolute atomic E-state index is 8.75. The summed E-state index contributed by atoms with van der Waals surface area (Å²) in [5.74, 6) is 0. The molecule has 1 heterocycles. The average molecular weight is 145 g/mol. The molecule has 0 bridgehead atoms. The number of quaternary nitrogens is 1. The van der Waals surface area contributed by atoms with Crippen LogP contribution in [0.2, 0.25) is 0 Å². The number of hydrogen-bond donors (Lipinski definition) is 2. The molecule has 60 valence electrons. The Labute approximate surface area is 62.2 Å². The Morgan fingerprint density at radius 3 is 2.50 bits per heavy atom. The number of rotatable bonds is 2. The zero-order valence-corrected chi connectivity index (χ0v) is 6.64. The van der Waals surface area contributed by atoms with E-state index < -0.39 is 0 Å². The highest BCUT2D eigenvalue weighted by atomic mass is 16.3. The molecule has 0 saturated carbocycles. The van der Waals surface area contributed by atoms with Crippen molar-refractivity contribution in [2.45, 2.75) is 0 Å². The number of likely N-dealkylation sites (N-methyl/N-ethyl adjacent to an activating group) is 1. The van der Waals surface area contributed by atoms with Gasteiger partial charge in [0.1, 0.15) is 6.54 Å². The van der Waals surface area contributed by atoms with Crippen molar-refractivity contribution < 1.29 is 9.59 Å². The van der Waals surface area contributed by atoms with Gasteiger partial charge in [0.15, 0.2) is 0 Å². The first-order valence-electron chi connectivity index (χ1n) is 3.92. The van der Waals surface area contributed by atoms with Gasteiger partial charge >= 0.3 is 0 Å². The smallest absolute Gasteiger partial charge is 0.102 e. The highest BCUT2D eigenvalue weighted by Gasteiger charge is 2.22. The van der Waals surface area contributed by atoms with Crippen LogP contribution < -0.4 is 5.32 Å². The molecular weight excluding hydrogens is 128 g/mol. The van der Waals surface area contributed by atoms with Crippen molar-refractivity contribution >= 4 is 0 Å². The second kappa shape index (κ2) is 3.32. The van der Waals surface area contributed by atoms with Crippen molar-refractivity contribution in [3.05, 3.63) is 0 Å². The van der Waals surface area contributed by atoms with E-state index in [1.54, 1.807) is 0 Å². The Balaban J connectivity index is 2.32. The van der Waals surface area contributed by atoms with Gasteiger partial charge in [-0.2, -0.15) is 0 Å². The van der Waals surface area contributed by atoms with E-state index in [1.165, 1.54) is 0 Å². The minimum Gasteiger partial charge on any atom is -0.391 e. The standard InChI is InChI=1S/C7H17N2O/c1-9(6-7-10)4-2-8-3-5-9/h8,10H,2-7H2,1H3/q+1. The van der Waals surface area contributed by atoms with Crippen LogP contribution in [-0.4, -0.2) is 56.0 Å². The molecule has 0 radical (unpaired) electrons. The summed E-state index contributed by atoms with van der Waals surface area (Å²) in [6, 6.07) is 0. The lowest BCUT2D eigenvalue weighted by Crippen LogP contribution is -2.57. The molecule has 0 amide bonds. The third-order valence-corrected chi connectivity index (χ3v) is 2.30. The van der Waals surface area contributed by atoms with Crippen LogP contribution in [0, 0.1) is 0 Å². The highest BCUT2D eigenvalue weighted by Crippen LogP contribution is 2.02. The first kappa shape index (κ1) is 7.98. The molecule has 1 rings (SSSR count). The van der Waals surface area contributed by atoms with Crippen LogP contribution in [0.25, 0.3) is 0 Å². The lowest BCUT2D eigenvalue weighted by atomic mass is 10.3. The largest absolute Gasteiger partial charge is 0.391 e. The van der Waals surface area contributed by atoms with Gasteiger partial charge in [0.2, 0.25) is 0 Å². The summed E-state index contributed by atoms with van der Waals surface area (Å²) in [7, 11) is 2.21. The molecule has 1 saturated heterocycles. The van der Waals surface area contributed by atoms with Gasteiger partial charge in [-0.15, -0.1) is 0 Å². The SMILES string of the molecule is C[N+]1(CCO)CCNCC1. The predicted molar refractivity (Wildman–Crippen MR) is 40.7 cm³/mol. The van der Waals surface area contributed by atoms with Gasteiger partial charge in [0.25, 0.3) is 0 Å². The Morgan fingerprint density at radius 1 is 1.40 bits per heavy atom. The minimum atomic E-state index is 0.316. The van der Waals surface area contributed by atoms with Gasteiger partial charge in [0, 0.05) is 13.1 Å². The summed E-state index contributed by atoms with van der Waals surface area (Å²) in [4.78, 5) is 0. The van der Waals surface area contributed by atoms with E-state index in [0.29, 0.717) is 6.61 Å². The van der Waals surface area contributed by atoms with Crippen LogP contribution in [-0.2, 0) is 0 Å². The number of nitrogens with one attached hydrogen (secondary N) is 1. The second-order valence-electron chi connectivity index (χ2n) is 3.26. The fraction of sp³-hybridized carbons (Fsp3) is 1.00. The summed E-state index contributed by atoms with van der Waals surface area (Å²) < 4.78 is 1.03. The summed E-state index contributed by atoms with van der Waals surface area (Å²) in [5.41, 5.74) is 0. The molecule has 2 N–H and O–H groups in total. The summed E-state index contributed by atoms with van der Waals surface area (Å²) in [6.07, 6.45) is 0. The van der Waals surface area contributed by atoms with Crippen LogP contribution in [0.15, 0.2) is 0 Å². The Hall–Kier alpha value is -0.120. The van der Waals surface area contributed by atoms with Gasteiger partial charge in [0.05, 0.1) is 26.7 Å². The van der Waals surface area contributed by atoms with Gasteiger partial charge in [-0.1, -0.05) is 0 Å². The van der Waals surface area contributed by atoms with Gasteiger partial charge in [-0.05, 0) is 0 Å². The summed E-state index contributed by atoms with van der Waals surface area (Å²) in [5, 5.41) is 12.0. The predicted octanol–water partition coefficient (Wildman–Crippen LogP) is -0.971. The zero-order chi connectivity index (χ0) is 7.45. The maximum atomic E-state index is 8.75. The van der Waals surface area contributed by atoms with Crippen LogP contribution in [0.1, 0.15) is 0 Å². The molecule has 0 unspecified atom stereocenters. The van der Waals surface area contributed by atoms with Crippen molar-refractivity contribution in [3.8, 4) is 0 Å².